The van der Waals surface area contributed by atoms with E-state index in [4.69, 9.17) is 11.6 Å². The van der Waals surface area contributed by atoms with Crippen LogP contribution < -0.4 is 5.32 Å². The normalized spacial score (nSPS) is 12.1. The summed E-state index contributed by atoms with van der Waals surface area (Å²) in [6.45, 7) is 1.91. The van der Waals surface area contributed by atoms with Crippen LogP contribution in [0.2, 0.25) is 5.02 Å². The average Bonchev–Trinajstić information content (AvgIpc) is 3.04. The number of hydrogen-bond donors (Lipinski definition) is 2. The summed E-state index contributed by atoms with van der Waals surface area (Å²) in [5.74, 6) is 0.0748. The Hall–Kier alpha value is -2.47. The highest BCUT2D eigenvalue weighted by molar-refractivity contribution is 6.31. The fourth-order valence-corrected chi connectivity index (χ4v) is 2.43. The van der Waals surface area contributed by atoms with E-state index in [1.807, 2.05) is 31.2 Å². The lowest BCUT2D eigenvalue weighted by molar-refractivity contribution is 0.604. The largest absolute Gasteiger partial charge is 0.375 e. The average molecular weight is 332 g/mol. The van der Waals surface area contributed by atoms with Crippen molar-refractivity contribution in [3.05, 3.63) is 70.8 Å². The van der Waals surface area contributed by atoms with E-state index in [1.54, 1.807) is 6.20 Å². The number of H-pyrrole nitrogens is 1. The van der Waals surface area contributed by atoms with Crippen LogP contribution in [0.25, 0.3) is 0 Å². The zero-order valence-corrected chi connectivity index (χ0v) is 13.2. The van der Waals surface area contributed by atoms with Gasteiger partial charge in [-0.2, -0.15) is 5.10 Å². The highest BCUT2D eigenvalue weighted by Gasteiger charge is 2.10. The highest BCUT2D eigenvalue weighted by Crippen LogP contribution is 2.25. The monoisotopic (exact) mass is 331 g/mol. The van der Waals surface area contributed by atoms with Gasteiger partial charge in [0.2, 0.25) is 0 Å². The van der Waals surface area contributed by atoms with Crippen LogP contribution in [0.3, 0.4) is 0 Å². The standard InChI is InChI=1S/C16H15ClFN5/c1-10(16-19-8-12(18)9-20-16)22-13-2-3-15(17)11(6-13)7-14-4-5-21-23-14/h2-6,8-10,22H,7H2,1H3,(H,21,23)/t10-/m0/s1. The SMILES string of the molecule is C[C@H](Nc1ccc(Cl)c(Cc2ccn[nH]2)c1)c1ncc(F)cn1. The van der Waals surface area contributed by atoms with E-state index in [0.717, 1.165) is 29.3 Å². The fourth-order valence-electron chi connectivity index (χ4n) is 2.25. The zero-order chi connectivity index (χ0) is 16.2. The Morgan fingerprint density at radius 1 is 1.26 bits per heavy atom. The van der Waals surface area contributed by atoms with Crippen molar-refractivity contribution in [3.8, 4) is 0 Å². The summed E-state index contributed by atoms with van der Waals surface area (Å²) >= 11 is 6.26. The second kappa shape index (κ2) is 6.75. The molecule has 3 aromatic rings. The first kappa shape index (κ1) is 15.4. The number of aromatic nitrogens is 4. The van der Waals surface area contributed by atoms with Crippen molar-refractivity contribution in [2.75, 3.05) is 5.32 Å². The molecule has 0 spiro atoms. The first-order valence-corrected chi connectivity index (χ1v) is 7.50. The van der Waals surface area contributed by atoms with Crippen molar-refractivity contribution in [3.63, 3.8) is 0 Å². The molecule has 118 valence electrons. The Balaban J connectivity index is 1.76. The van der Waals surface area contributed by atoms with Crippen molar-refractivity contribution in [1.82, 2.24) is 20.2 Å². The van der Waals surface area contributed by atoms with E-state index in [-0.39, 0.29) is 6.04 Å². The predicted molar refractivity (Wildman–Crippen MR) is 86.9 cm³/mol. The molecular formula is C16H15ClFN5. The van der Waals surface area contributed by atoms with E-state index >= 15 is 0 Å². The van der Waals surface area contributed by atoms with Gasteiger partial charge in [-0.1, -0.05) is 11.6 Å². The molecule has 2 aromatic heterocycles. The maximum Gasteiger partial charge on any atom is 0.159 e. The third-order valence-corrected chi connectivity index (χ3v) is 3.76. The Labute approximate surface area is 137 Å². The fraction of sp³-hybridized carbons (Fsp3) is 0.188. The summed E-state index contributed by atoms with van der Waals surface area (Å²) < 4.78 is 12.9. The van der Waals surface area contributed by atoms with E-state index < -0.39 is 5.82 Å². The van der Waals surface area contributed by atoms with Crippen molar-refractivity contribution < 1.29 is 4.39 Å². The number of rotatable bonds is 5. The van der Waals surface area contributed by atoms with Crippen LogP contribution >= 0.6 is 11.6 Å². The van der Waals surface area contributed by atoms with Gasteiger partial charge in [0.05, 0.1) is 18.4 Å². The molecule has 0 bridgehead atoms. The third kappa shape index (κ3) is 3.84. The number of nitrogens with one attached hydrogen (secondary N) is 2. The molecule has 0 aliphatic heterocycles. The Kier molecular flexibility index (Phi) is 4.52. The minimum atomic E-state index is -0.450. The van der Waals surface area contributed by atoms with E-state index in [9.17, 15) is 4.39 Å². The topological polar surface area (TPSA) is 66.5 Å². The molecule has 0 unspecified atom stereocenters. The second-order valence-electron chi connectivity index (χ2n) is 5.19. The van der Waals surface area contributed by atoms with Gasteiger partial charge in [0.1, 0.15) is 5.82 Å². The van der Waals surface area contributed by atoms with Crippen molar-refractivity contribution in [2.24, 2.45) is 0 Å². The molecule has 1 atom stereocenters. The van der Waals surface area contributed by atoms with Crippen LogP contribution in [0.15, 0.2) is 42.9 Å². The quantitative estimate of drug-likeness (QED) is 0.747. The molecule has 2 heterocycles. The number of hydrogen-bond acceptors (Lipinski definition) is 4. The van der Waals surface area contributed by atoms with Gasteiger partial charge < -0.3 is 5.32 Å². The highest BCUT2D eigenvalue weighted by atomic mass is 35.5. The molecule has 0 amide bonds. The van der Waals surface area contributed by atoms with Crippen LogP contribution in [-0.2, 0) is 6.42 Å². The van der Waals surface area contributed by atoms with Gasteiger partial charge in [-0.3, -0.25) is 5.10 Å². The second-order valence-corrected chi connectivity index (χ2v) is 5.60. The van der Waals surface area contributed by atoms with E-state index in [2.05, 4.69) is 25.5 Å². The Bertz CT molecular complexity index is 774. The maximum atomic E-state index is 12.9. The van der Waals surface area contributed by atoms with Crippen molar-refractivity contribution in [2.45, 2.75) is 19.4 Å². The van der Waals surface area contributed by atoms with Gasteiger partial charge in [-0.25, -0.2) is 14.4 Å². The van der Waals surface area contributed by atoms with Gasteiger partial charge >= 0.3 is 0 Å². The number of aromatic amines is 1. The van der Waals surface area contributed by atoms with Crippen LogP contribution in [-0.4, -0.2) is 20.2 Å². The minimum absolute atomic E-state index is 0.156. The molecule has 7 heteroatoms. The summed E-state index contributed by atoms with van der Waals surface area (Å²) in [4.78, 5) is 7.97. The summed E-state index contributed by atoms with van der Waals surface area (Å²) in [7, 11) is 0. The zero-order valence-electron chi connectivity index (χ0n) is 12.4. The lowest BCUT2D eigenvalue weighted by Crippen LogP contribution is -2.11. The minimum Gasteiger partial charge on any atom is -0.375 e. The molecule has 1 aromatic carbocycles. The molecule has 2 N–H and O–H groups in total. The van der Waals surface area contributed by atoms with Gasteiger partial charge in [-0.05, 0) is 36.8 Å². The van der Waals surface area contributed by atoms with Crippen molar-refractivity contribution >= 4 is 17.3 Å². The van der Waals surface area contributed by atoms with Gasteiger partial charge in [0.25, 0.3) is 0 Å². The van der Waals surface area contributed by atoms with Gasteiger partial charge in [0.15, 0.2) is 5.82 Å². The van der Waals surface area contributed by atoms with Crippen molar-refractivity contribution in [1.29, 1.82) is 0 Å². The lowest BCUT2D eigenvalue weighted by Gasteiger charge is -2.15. The molecule has 3 rings (SSSR count). The summed E-state index contributed by atoms with van der Waals surface area (Å²) in [6, 6.07) is 7.46. The molecular weight excluding hydrogens is 317 g/mol. The molecule has 0 radical (unpaired) electrons. The molecule has 0 saturated heterocycles. The number of nitrogens with zero attached hydrogens (tertiary/aromatic N) is 3. The molecule has 0 fully saturated rings. The smallest absolute Gasteiger partial charge is 0.159 e. The Morgan fingerprint density at radius 2 is 2.04 bits per heavy atom. The van der Waals surface area contributed by atoms with Crippen LogP contribution in [0, 0.1) is 5.82 Å². The first-order chi connectivity index (χ1) is 11.1. The number of halogens is 2. The Morgan fingerprint density at radius 3 is 2.74 bits per heavy atom. The lowest BCUT2D eigenvalue weighted by atomic mass is 10.1. The molecule has 0 aliphatic rings. The predicted octanol–water partition coefficient (Wildman–Crippen LogP) is 3.76. The molecule has 0 saturated carbocycles. The van der Waals surface area contributed by atoms with Gasteiger partial charge in [0, 0.05) is 29.0 Å². The van der Waals surface area contributed by atoms with E-state index in [1.165, 1.54) is 0 Å². The number of benzene rings is 1. The van der Waals surface area contributed by atoms with Crippen LogP contribution in [0.5, 0.6) is 0 Å². The summed E-state index contributed by atoms with van der Waals surface area (Å²) in [5.41, 5.74) is 2.86. The first-order valence-electron chi connectivity index (χ1n) is 7.12. The van der Waals surface area contributed by atoms with E-state index in [0.29, 0.717) is 17.3 Å². The van der Waals surface area contributed by atoms with Crippen LogP contribution in [0.1, 0.15) is 30.0 Å². The molecule has 0 aliphatic carbocycles. The summed E-state index contributed by atoms with van der Waals surface area (Å²) in [5, 5.41) is 10.8. The van der Waals surface area contributed by atoms with Gasteiger partial charge in [-0.15, -0.1) is 0 Å². The number of anilines is 1. The molecule has 5 nitrogen and oxygen atoms in total. The third-order valence-electron chi connectivity index (χ3n) is 3.40. The summed E-state index contributed by atoms with van der Waals surface area (Å²) in [6.07, 6.45) is 4.69. The van der Waals surface area contributed by atoms with Crippen LogP contribution in [0.4, 0.5) is 10.1 Å². The molecule has 23 heavy (non-hydrogen) atoms. The maximum absolute atomic E-state index is 12.9.